The first-order valence-electron chi connectivity index (χ1n) is 12.2. The molecule has 0 atom stereocenters. The molecule has 3 nitrogen and oxygen atoms in total. The Kier molecular flexibility index (Phi) is 9.68. The second kappa shape index (κ2) is 12.0. The average molecular weight is 434 g/mol. The zero-order valence-electron chi connectivity index (χ0n) is 21.1. The van der Waals surface area contributed by atoms with Crippen LogP contribution < -0.4 is 5.73 Å². The number of allylic oxidation sites excluding steroid dienone is 5. The number of hydrogen-bond donors (Lipinski definition) is 2. The van der Waals surface area contributed by atoms with Crippen molar-refractivity contribution in [1.29, 1.82) is 5.41 Å². The van der Waals surface area contributed by atoms with Crippen LogP contribution in [0, 0.1) is 24.7 Å². The van der Waals surface area contributed by atoms with Crippen molar-refractivity contribution in [3.63, 3.8) is 0 Å². The second-order valence-corrected chi connectivity index (χ2v) is 9.81. The first-order chi connectivity index (χ1) is 15.3. The Morgan fingerprint density at radius 3 is 2.44 bits per heavy atom. The molecular weight excluding hydrogens is 390 g/mol. The van der Waals surface area contributed by atoms with Gasteiger partial charge >= 0.3 is 0 Å². The SMILES string of the molecule is CCC/C=C(C1=C(c2c(C)ccc(C)c2C=N)CCCC1)\C(C=NCC(C)(C)CC)=C\N. The van der Waals surface area contributed by atoms with E-state index in [4.69, 9.17) is 16.1 Å². The van der Waals surface area contributed by atoms with Gasteiger partial charge < -0.3 is 11.1 Å². The van der Waals surface area contributed by atoms with Crippen molar-refractivity contribution >= 4 is 18.0 Å². The minimum absolute atomic E-state index is 0.191. The summed E-state index contributed by atoms with van der Waals surface area (Å²) in [6.45, 7) is 14.0. The van der Waals surface area contributed by atoms with Gasteiger partial charge in [-0.3, -0.25) is 4.99 Å². The molecule has 1 aliphatic rings. The highest BCUT2D eigenvalue weighted by molar-refractivity contribution is 5.94. The molecule has 3 N–H and O–H groups in total. The highest BCUT2D eigenvalue weighted by atomic mass is 14.7. The van der Waals surface area contributed by atoms with E-state index in [1.54, 1.807) is 6.20 Å². The molecule has 0 fully saturated rings. The summed E-state index contributed by atoms with van der Waals surface area (Å²) in [4.78, 5) is 4.80. The number of nitrogens with one attached hydrogen (secondary N) is 1. The van der Waals surface area contributed by atoms with Gasteiger partial charge in [-0.1, -0.05) is 52.3 Å². The summed E-state index contributed by atoms with van der Waals surface area (Å²) >= 11 is 0. The van der Waals surface area contributed by atoms with Gasteiger partial charge in [0.15, 0.2) is 0 Å². The Balaban J connectivity index is 2.65. The highest BCUT2D eigenvalue weighted by Gasteiger charge is 2.23. The van der Waals surface area contributed by atoms with Crippen LogP contribution in [-0.2, 0) is 0 Å². The molecule has 1 aliphatic carbocycles. The van der Waals surface area contributed by atoms with Gasteiger partial charge in [0, 0.05) is 36.3 Å². The van der Waals surface area contributed by atoms with Crippen LogP contribution in [0.3, 0.4) is 0 Å². The van der Waals surface area contributed by atoms with Crippen molar-refractivity contribution in [1.82, 2.24) is 0 Å². The third-order valence-corrected chi connectivity index (χ3v) is 6.75. The summed E-state index contributed by atoms with van der Waals surface area (Å²) in [5, 5.41) is 8.10. The Morgan fingerprint density at radius 2 is 1.81 bits per heavy atom. The van der Waals surface area contributed by atoms with Gasteiger partial charge in [0.1, 0.15) is 0 Å². The monoisotopic (exact) mass is 433 g/mol. The smallest absolute Gasteiger partial charge is 0.0440 e. The molecule has 0 amide bonds. The first-order valence-corrected chi connectivity index (χ1v) is 12.2. The molecule has 32 heavy (non-hydrogen) atoms. The number of benzene rings is 1. The van der Waals surface area contributed by atoms with Crippen LogP contribution in [0.4, 0.5) is 0 Å². The number of unbranched alkanes of at least 4 members (excludes halogenated alkanes) is 1. The van der Waals surface area contributed by atoms with E-state index < -0.39 is 0 Å². The van der Waals surface area contributed by atoms with E-state index in [-0.39, 0.29) is 5.41 Å². The molecule has 0 heterocycles. The highest BCUT2D eigenvalue weighted by Crippen LogP contribution is 2.41. The van der Waals surface area contributed by atoms with E-state index in [1.807, 2.05) is 6.21 Å². The summed E-state index contributed by atoms with van der Waals surface area (Å²) in [6, 6.07) is 4.32. The fourth-order valence-electron chi connectivity index (χ4n) is 4.31. The van der Waals surface area contributed by atoms with E-state index in [0.29, 0.717) is 0 Å². The number of rotatable bonds is 10. The first kappa shape index (κ1) is 25.8. The molecular formula is C29H43N3. The summed E-state index contributed by atoms with van der Waals surface area (Å²) in [7, 11) is 0. The van der Waals surface area contributed by atoms with Gasteiger partial charge in [-0.05, 0) is 91.2 Å². The zero-order valence-corrected chi connectivity index (χ0v) is 21.1. The van der Waals surface area contributed by atoms with E-state index in [9.17, 15) is 0 Å². The third kappa shape index (κ3) is 6.31. The topological polar surface area (TPSA) is 62.2 Å². The van der Waals surface area contributed by atoms with Crippen molar-refractivity contribution in [2.45, 2.75) is 86.5 Å². The maximum Gasteiger partial charge on any atom is 0.0440 e. The molecule has 2 rings (SSSR count). The normalized spacial score (nSPS) is 16.2. The molecule has 1 aromatic carbocycles. The van der Waals surface area contributed by atoms with Gasteiger partial charge in [0.2, 0.25) is 0 Å². The maximum atomic E-state index is 8.10. The lowest BCUT2D eigenvalue weighted by molar-refractivity contribution is 0.366. The molecule has 0 saturated carbocycles. The summed E-state index contributed by atoms with van der Waals surface area (Å²) in [6.07, 6.45) is 15.3. The van der Waals surface area contributed by atoms with Crippen molar-refractivity contribution in [2.24, 2.45) is 16.1 Å². The fraction of sp³-hybridized carbons (Fsp3) is 0.517. The lowest BCUT2D eigenvalue weighted by atomic mass is 9.78. The van der Waals surface area contributed by atoms with Crippen LogP contribution >= 0.6 is 0 Å². The molecule has 0 radical (unpaired) electrons. The minimum atomic E-state index is 0.191. The number of aryl methyl sites for hydroxylation is 2. The van der Waals surface area contributed by atoms with Gasteiger partial charge in [-0.15, -0.1) is 0 Å². The number of hydrogen-bond acceptors (Lipinski definition) is 3. The van der Waals surface area contributed by atoms with Crippen molar-refractivity contribution in [2.75, 3.05) is 6.54 Å². The zero-order chi connectivity index (χ0) is 23.7. The van der Waals surface area contributed by atoms with E-state index >= 15 is 0 Å². The Morgan fingerprint density at radius 1 is 1.12 bits per heavy atom. The molecule has 1 aromatic rings. The fourth-order valence-corrected chi connectivity index (χ4v) is 4.31. The lowest BCUT2D eigenvalue weighted by Gasteiger charge is -2.26. The Hall–Kier alpha value is -2.42. The molecule has 0 bridgehead atoms. The predicted molar refractivity (Wildman–Crippen MR) is 142 cm³/mol. The molecule has 174 valence electrons. The molecule has 0 saturated heterocycles. The number of nitrogens with two attached hydrogens (primary N) is 1. The van der Waals surface area contributed by atoms with E-state index in [2.05, 4.69) is 59.8 Å². The minimum Gasteiger partial charge on any atom is -0.404 e. The molecule has 0 aliphatic heterocycles. The van der Waals surface area contributed by atoms with E-state index in [0.717, 1.165) is 55.3 Å². The van der Waals surface area contributed by atoms with Gasteiger partial charge in [0.05, 0.1) is 0 Å². The second-order valence-electron chi connectivity index (χ2n) is 9.81. The average Bonchev–Trinajstić information content (AvgIpc) is 2.79. The van der Waals surface area contributed by atoms with Gasteiger partial charge in [0.25, 0.3) is 0 Å². The van der Waals surface area contributed by atoms with Crippen LogP contribution in [0.2, 0.25) is 0 Å². The Bertz CT molecular complexity index is 926. The van der Waals surface area contributed by atoms with Crippen LogP contribution in [0.15, 0.2) is 46.1 Å². The van der Waals surface area contributed by atoms with Crippen molar-refractivity contribution < 1.29 is 0 Å². The van der Waals surface area contributed by atoms with Crippen LogP contribution in [0.25, 0.3) is 5.57 Å². The van der Waals surface area contributed by atoms with Crippen LogP contribution in [0.5, 0.6) is 0 Å². The summed E-state index contributed by atoms with van der Waals surface area (Å²) in [5.74, 6) is 0. The Labute approximate surface area is 196 Å². The lowest BCUT2D eigenvalue weighted by Crippen LogP contribution is -2.14. The standard InChI is InChI=1S/C29H43N3/c1-7-9-12-24(23(17-30)19-32-20-29(5,6)8-2)25-13-10-11-14-26(25)28-22(4)16-15-21(3)27(28)18-31/h12,15-19,31H,7-11,13-14,20,30H2,1-6H3/b23-17+,24-12+,31-18?,32-19?. The number of nitrogens with zero attached hydrogens (tertiary/aromatic N) is 1. The maximum absolute atomic E-state index is 8.10. The third-order valence-electron chi connectivity index (χ3n) is 6.75. The number of aliphatic imine (C=N–C) groups is 1. The van der Waals surface area contributed by atoms with Crippen molar-refractivity contribution in [3.05, 3.63) is 63.4 Å². The van der Waals surface area contributed by atoms with Crippen LogP contribution in [0.1, 0.15) is 94.9 Å². The summed E-state index contributed by atoms with van der Waals surface area (Å²) < 4.78 is 0. The molecule has 0 unspecified atom stereocenters. The molecule has 3 heteroatoms. The van der Waals surface area contributed by atoms with Gasteiger partial charge in [-0.25, -0.2) is 0 Å². The molecule has 0 aromatic heterocycles. The molecule has 0 spiro atoms. The predicted octanol–water partition coefficient (Wildman–Crippen LogP) is 7.70. The van der Waals surface area contributed by atoms with Crippen molar-refractivity contribution in [3.8, 4) is 0 Å². The van der Waals surface area contributed by atoms with E-state index in [1.165, 1.54) is 46.9 Å². The van der Waals surface area contributed by atoms with Gasteiger partial charge in [-0.2, -0.15) is 0 Å². The van der Waals surface area contributed by atoms with Crippen LogP contribution in [-0.4, -0.2) is 19.0 Å². The largest absolute Gasteiger partial charge is 0.404 e. The summed E-state index contributed by atoms with van der Waals surface area (Å²) in [5.41, 5.74) is 16.1. The quantitative estimate of drug-likeness (QED) is 0.288.